The fourth-order valence-electron chi connectivity index (χ4n) is 3.59. The molecule has 0 aliphatic carbocycles. The second kappa shape index (κ2) is 11.2. The summed E-state index contributed by atoms with van der Waals surface area (Å²) in [5, 5.41) is 3.69. The van der Waals surface area contributed by atoms with Crippen molar-refractivity contribution in [3.05, 3.63) is 69.7 Å². The first-order chi connectivity index (χ1) is 14.2. The van der Waals surface area contributed by atoms with Crippen LogP contribution < -0.4 is 5.32 Å². The van der Waals surface area contributed by atoms with Crippen LogP contribution in [-0.4, -0.2) is 28.8 Å². The van der Waals surface area contributed by atoms with Gasteiger partial charge in [0.25, 0.3) is 0 Å². The lowest BCUT2D eigenvalue weighted by molar-refractivity contribution is -0.141. The smallest absolute Gasteiger partial charge is 0.243 e. The molecule has 0 heterocycles. The highest BCUT2D eigenvalue weighted by atomic mass is 35.5. The van der Waals surface area contributed by atoms with Gasteiger partial charge in [0.2, 0.25) is 11.8 Å². The fraction of sp³-hybridized carbons (Fsp3) is 0.440. The summed E-state index contributed by atoms with van der Waals surface area (Å²) in [6.45, 7) is 10.4. The first-order valence-electron chi connectivity index (χ1n) is 10.6. The van der Waals surface area contributed by atoms with Gasteiger partial charge in [0.05, 0.1) is 6.42 Å². The number of hydrogen-bond acceptors (Lipinski definition) is 2. The zero-order valence-electron chi connectivity index (χ0n) is 18.7. The van der Waals surface area contributed by atoms with Gasteiger partial charge < -0.3 is 10.2 Å². The van der Waals surface area contributed by atoms with E-state index in [9.17, 15) is 9.59 Å². The number of rotatable bonds is 9. The standard InChI is InChI=1S/C25H33ClN2O2/c1-6-19(5)27-25(30)23(7-2)28(16-20-8-10-22(26)11-9-20)24(29)15-21-13-17(3)12-18(4)14-21/h8-14,19,23H,6-7,15-16H2,1-5H3,(H,27,30)/t19-,23-/m0/s1. The van der Waals surface area contributed by atoms with Crippen LogP contribution in [0.5, 0.6) is 0 Å². The van der Waals surface area contributed by atoms with E-state index in [0.717, 1.165) is 28.7 Å². The van der Waals surface area contributed by atoms with Gasteiger partial charge in [0, 0.05) is 17.6 Å². The van der Waals surface area contributed by atoms with E-state index in [0.29, 0.717) is 18.0 Å². The minimum Gasteiger partial charge on any atom is -0.352 e. The molecular weight excluding hydrogens is 396 g/mol. The third-order valence-corrected chi connectivity index (χ3v) is 5.54. The van der Waals surface area contributed by atoms with Crippen LogP contribution in [0.3, 0.4) is 0 Å². The normalized spacial score (nSPS) is 12.9. The maximum absolute atomic E-state index is 13.4. The van der Waals surface area contributed by atoms with Gasteiger partial charge in [0.1, 0.15) is 6.04 Å². The van der Waals surface area contributed by atoms with Crippen molar-refractivity contribution in [2.24, 2.45) is 0 Å². The van der Waals surface area contributed by atoms with Crippen molar-refractivity contribution < 1.29 is 9.59 Å². The average Bonchev–Trinajstić information content (AvgIpc) is 2.68. The van der Waals surface area contributed by atoms with E-state index in [1.54, 1.807) is 4.90 Å². The number of nitrogens with one attached hydrogen (secondary N) is 1. The predicted molar refractivity (Wildman–Crippen MR) is 124 cm³/mol. The van der Waals surface area contributed by atoms with E-state index < -0.39 is 6.04 Å². The highest BCUT2D eigenvalue weighted by Crippen LogP contribution is 2.18. The highest BCUT2D eigenvalue weighted by molar-refractivity contribution is 6.30. The van der Waals surface area contributed by atoms with Gasteiger partial charge in [-0.2, -0.15) is 0 Å². The van der Waals surface area contributed by atoms with Crippen molar-refractivity contribution in [2.45, 2.75) is 72.5 Å². The zero-order chi connectivity index (χ0) is 22.3. The zero-order valence-corrected chi connectivity index (χ0v) is 19.4. The molecule has 4 nitrogen and oxygen atoms in total. The van der Waals surface area contributed by atoms with E-state index in [1.807, 2.05) is 71.0 Å². The molecule has 0 spiro atoms. The summed E-state index contributed by atoms with van der Waals surface area (Å²) in [5.74, 6) is -0.157. The maximum Gasteiger partial charge on any atom is 0.243 e. The van der Waals surface area contributed by atoms with Crippen molar-refractivity contribution in [1.82, 2.24) is 10.2 Å². The van der Waals surface area contributed by atoms with E-state index in [2.05, 4.69) is 11.4 Å². The lowest BCUT2D eigenvalue weighted by Gasteiger charge is -2.31. The van der Waals surface area contributed by atoms with E-state index in [4.69, 9.17) is 11.6 Å². The second-order valence-electron chi connectivity index (χ2n) is 8.06. The first-order valence-corrected chi connectivity index (χ1v) is 11.0. The molecule has 0 aliphatic rings. The Balaban J connectivity index is 2.31. The Hall–Kier alpha value is -2.33. The van der Waals surface area contributed by atoms with Crippen LogP contribution in [0.4, 0.5) is 0 Å². The van der Waals surface area contributed by atoms with Gasteiger partial charge in [-0.3, -0.25) is 9.59 Å². The Labute approximate surface area is 185 Å². The van der Waals surface area contributed by atoms with Crippen molar-refractivity contribution >= 4 is 23.4 Å². The first kappa shape index (κ1) is 23.9. The quantitative estimate of drug-likeness (QED) is 0.595. The third kappa shape index (κ3) is 6.88. The molecule has 0 saturated carbocycles. The van der Waals surface area contributed by atoms with Crippen LogP contribution in [0.2, 0.25) is 5.02 Å². The summed E-state index contributed by atoms with van der Waals surface area (Å²) in [4.78, 5) is 28.1. The van der Waals surface area contributed by atoms with Crippen LogP contribution in [0.25, 0.3) is 0 Å². The number of carbonyl (C=O) groups excluding carboxylic acids is 2. The molecule has 0 bridgehead atoms. The number of nitrogens with zero attached hydrogens (tertiary/aromatic N) is 1. The van der Waals surface area contributed by atoms with Gasteiger partial charge in [-0.25, -0.2) is 0 Å². The molecule has 0 unspecified atom stereocenters. The molecule has 0 radical (unpaired) electrons. The molecule has 2 rings (SSSR count). The Morgan fingerprint density at radius 1 is 0.967 bits per heavy atom. The molecule has 2 amide bonds. The molecule has 2 atom stereocenters. The van der Waals surface area contributed by atoms with Crippen molar-refractivity contribution in [2.75, 3.05) is 0 Å². The fourth-order valence-corrected chi connectivity index (χ4v) is 3.72. The van der Waals surface area contributed by atoms with Gasteiger partial charge in [-0.15, -0.1) is 0 Å². The van der Waals surface area contributed by atoms with Crippen LogP contribution in [0.15, 0.2) is 42.5 Å². The molecule has 2 aromatic rings. The maximum atomic E-state index is 13.4. The number of benzene rings is 2. The molecule has 2 aromatic carbocycles. The van der Waals surface area contributed by atoms with Crippen molar-refractivity contribution in [3.63, 3.8) is 0 Å². The average molecular weight is 429 g/mol. The summed E-state index contributed by atoms with van der Waals surface area (Å²) < 4.78 is 0. The Bertz CT molecular complexity index is 844. The van der Waals surface area contributed by atoms with Crippen LogP contribution in [0.1, 0.15) is 55.9 Å². The monoisotopic (exact) mass is 428 g/mol. The summed E-state index contributed by atoms with van der Waals surface area (Å²) >= 11 is 6.02. The SMILES string of the molecule is CC[C@H](C)NC(=O)[C@H](CC)N(Cc1ccc(Cl)cc1)C(=O)Cc1cc(C)cc(C)c1. The predicted octanol–water partition coefficient (Wildman–Crippen LogP) is 5.22. The van der Waals surface area contributed by atoms with E-state index >= 15 is 0 Å². The summed E-state index contributed by atoms with van der Waals surface area (Å²) in [5.41, 5.74) is 4.17. The van der Waals surface area contributed by atoms with Crippen LogP contribution >= 0.6 is 11.6 Å². The number of aryl methyl sites for hydroxylation is 2. The minimum atomic E-state index is -0.520. The molecule has 30 heavy (non-hydrogen) atoms. The van der Waals surface area contributed by atoms with Crippen molar-refractivity contribution in [3.8, 4) is 0 Å². The molecule has 0 aliphatic heterocycles. The highest BCUT2D eigenvalue weighted by Gasteiger charge is 2.29. The van der Waals surface area contributed by atoms with Gasteiger partial charge >= 0.3 is 0 Å². The van der Waals surface area contributed by atoms with E-state index in [1.165, 1.54) is 0 Å². The largest absolute Gasteiger partial charge is 0.352 e. The number of hydrogen-bond donors (Lipinski definition) is 1. The van der Waals surface area contributed by atoms with Crippen LogP contribution in [0, 0.1) is 13.8 Å². The number of amides is 2. The van der Waals surface area contributed by atoms with E-state index in [-0.39, 0.29) is 24.3 Å². The number of carbonyl (C=O) groups is 2. The summed E-state index contributed by atoms with van der Waals surface area (Å²) in [6.07, 6.45) is 1.66. The molecule has 1 N–H and O–H groups in total. The molecule has 162 valence electrons. The lowest BCUT2D eigenvalue weighted by atomic mass is 10.0. The summed E-state index contributed by atoms with van der Waals surface area (Å²) in [6, 6.07) is 13.1. The Morgan fingerprint density at radius 3 is 2.10 bits per heavy atom. The second-order valence-corrected chi connectivity index (χ2v) is 8.50. The Morgan fingerprint density at radius 2 is 1.57 bits per heavy atom. The third-order valence-electron chi connectivity index (χ3n) is 5.29. The summed E-state index contributed by atoms with van der Waals surface area (Å²) in [7, 11) is 0. The van der Waals surface area contributed by atoms with Crippen LogP contribution in [-0.2, 0) is 22.6 Å². The van der Waals surface area contributed by atoms with Crippen molar-refractivity contribution in [1.29, 1.82) is 0 Å². The molecular formula is C25H33ClN2O2. The topological polar surface area (TPSA) is 49.4 Å². The Kier molecular flexibility index (Phi) is 8.91. The lowest BCUT2D eigenvalue weighted by Crippen LogP contribution is -2.51. The number of halogens is 1. The van der Waals surface area contributed by atoms with Gasteiger partial charge in [-0.1, -0.05) is 66.9 Å². The molecule has 0 fully saturated rings. The molecule has 5 heteroatoms. The van der Waals surface area contributed by atoms with Gasteiger partial charge in [-0.05, 0) is 56.9 Å². The minimum absolute atomic E-state index is 0.0545. The molecule has 0 saturated heterocycles. The molecule has 0 aromatic heterocycles. The van der Waals surface area contributed by atoms with Gasteiger partial charge in [0.15, 0.2) is 0 Å².